The van der Waals surface area contributed by atoms with Crippen molar-refractivity contribution in [3.05, 3.63) is 35.4 Å². The summed E-state index contributed by atoms with van der Waals surface area (Å²) in [6, 6.07) is 9.38. The monoisotopic (exact) mass is 353 g/mol. The fraction of sp³-hybridized carbons (Fsp3) is 0.632. The molecule has 1 amide bonds. The number of halogens is 1. The first kappa shape index (κ1) is 20.9. The van der Waals surface area contributed by atoms with Crippen LogP contribution in [0.25, 0.3) is 0 Å². The molecule has 1 heterocycles. The van der Waals surface area contributed by atoms with Crippen LogP contribution in [0.1, 0.15) is 43.9 Å². The highest BCUT2D eigenvalue weighted by Gasteiger charge is 2.25. The highest BCUT2D eigenvalue weighted by Crippen LogP contribution is 2.20. The molecule has 3 atom stereocenters. The van der Waals surface area contributed by atoms with E-state index in [9.17, 15) is 4.79 Å². The molecule has 1 aliphatic rings. The number of carbonyl (C=O) groups is 1. The molecule has 5 heteroatoms. The highest BCUT2D eigenvalue weighted by atomic mass is 35.5. The van der Waals surface area contributed by atoms with Crippen LogP contribution >= 0.6 is 12.4 Å². The molecule has 0 spiro atoms. The van der Waals surface area contributed by atoms with Crippen LogP contribution in [0.5, 0.6) is 0 Å². The SMILES string of the molecule is CCc1ccc(C(CNC(=O)[C@H]2CCN[C@@H](C)C2)N(C)C)cc1.Cl. The highest BCUT2D eigenvalue weighted by molar-refractivity contribution is 5.85. The molecule has 1 fully saturated rings. The lowest BCUT2D eigenvalue weighted by Gasteiger charge is -2.29. The first-order valence-corrected chi connectivity index (χ1v) is 8.77. The predicted molar refractivity (Wildman–Crippen MR) is 103 cm³/mol. The summed E-state index contributed by atoms with van der Waals surface area (Å²) in [4.78, 5) is 14.6. The van der Waals surface area contributed by atoms with Crippen LogP contribution in [0.3, 0.4) is 0 Å². The molecular weight excluding hydrogens is 322 g/mol. The number of hydrogen-bond donors (Lipinski definition) is 2. The van der Waals surface area contributed by atoms with Crippen molar-refractivity contribution >= 4 is 18.3 Å². The van der Waals surface area contributed by atoms with Gasteiger partial charge in [0, 0.05) is 18.5 Å². The van der Waals surface area contributed by atoms with E-state index in [0.717, 1.165) is 25.8 Å². The summed E-state index contributed by atoms with van der Waals surface area (Å²) in [7, 11) is 4.13. The van der Waals surface area contributed by atoms with E-state index in [-0.39, 0.29) is 30.3 Å². The molecule has 0 radical (unpaired) electrons. The van der Waals surface area contributed by atoms with Crippen molar-refractivity contribution in [3.63, 3.8) is 0 Å². The molecule has 2 N–H and O–H groups in total. The number of likely N-dealkylation sites (N-methyl/N-ethyl adjacent to an activating group) is 1. The molecular formula is C19H32ClN3O. The zero-order valence-electron chi connectivity index (χ0n) is 15.3. The molecule has 1 unspecified atom stereocenters. The van der Waals surface area contributed by atoms with Gasteiger partial charge in [0.25, 0.3) is 0 Å². The smallest absolute Gasteiger partial charge is 0.223 e. The van der Waals surface area contributed by atoms with Gasteiger partial charge in [-0.05, 0) is 58.0 Å². The second-order valence-corrected chi connectivity index (χ2v) is 6.90. The van der Waals surface area contributed by atoms with Crippen LogP contribution in [0.4, 0.5) is 0 Å². The number of hydrogen-bond acceptors (Lipinski definition) is 3. The normalized spacial score (nSPS) is 21.9. The molecule has 136 valence electrons. The fourth-order valence-electron chi connectivity index (χ4n) is 3.29. The van der Waals surface area contributed by atoms with Crippen molar-refractivity contribution in [3.8, 4) is 0 Å². The van der Waals surface area contributed by atoms with Crippen LogP contribution < -0.4 is 10.6 Å². The third kappa shape index (κ3) is 5.76. The topological polar surface area (TPSA) is 44.4 Å². The minimum Gasteiger partial charge on any atom is -0.354 e. The van der Waals surface area contributed by atoms with Crippen molar-refractivity contribution in [1.29, 1.82) is 0 Å². The quantitative estimate of drug-likeness (QED) is 0.826. The van der Waals surface area contributed by atoms with Crippen LogP contribution in [-0.4, -0.2) is 44.0 Å². The second-order valence-electron chi connectivity index (χ2n) is 6.90. The van der Waals surface area contributed by atoms with Crippen LogP contribution in [0.15, 0.2) is 24.3 Å². The van der Waals surface area contributed by atoms with Crippen molar-refractivity contribution in [2.24, 2.45) is 5.92 Å². The summed E-state index contributed by atoms with van der Waals surface area (Å²) in [5, 5.41) is 6.57. The Labute approximate surface area is 152 Å². The minimum absolute atomic E-state index is 0. The van der Waals surface area contributed by atoms with E-state index in [1.165, 1.54) is 11.1 Å². The first-order chi connectivity index (χ1) is 11.0. The summed E-state index contributed by atoms with van der Waals surface area (Å²) >= 11 is 0. The molecule has 1 saturated heterocycles. The number of nitrogens with zero attached hydrogens (tertiary/aromatic N) is 1. The van der Waals surface area contributed by atoms with Crippen molar-refractivity contribution < 1.29 is 4.79 Å². The standard InChI is InChI=1S/C19H31N3O.ClH/c1-5-15-6-8-16(9-7-15)18(22(3)4)13-21-19(23)17-10-11-20-14(2)12-17;/h6-9,14,17-18,20H,5,10-13H2,1-4H3,(H,21,23);1H/t14-,17-,18?;/m0./s1. The molecule has 1 aliphatic heterocycles. The molecule has 1 aromatic carbocycles. The molecule has 24 heavy (non-hydrogen) atoms. The molecule has 2 rings (SSSR count). The van der Waals surface area contributed by atoms with E-state index in [1.54, 1.807) is 0 Å². The summed E-state index contributed by atoms with van der Waals surface area (Å²) in [6.07, 6.45) is 2.93. The number of piperidine rings is 1. The van der Waals surface area contributed by atoms with Crippen molar-refractivity contribution in [2.75, 3.05) is 27.2 Å². The summed E-state index contributed by atoms with van der Waals surface area (Å²) in [5.41, 5.74) is 2.60. The van der Waals surface area contributed by atoms with Gasteiger partial charge in [-0.15, -0.1) is 12.4 Å². The Balaban J connectivity index is 0.00000288. The van der Waals surface area contributed by atoms with E-state index in [1.807, 2.05) is 0 Å². The Hall–Kier alpha value is -1.10. The van der Waals surface area contributed by atoms with Gasteiger partial charge in [0.05, 0.1) is 6.04 Å². The Kier molecular flexibility index (Phi) is 8.74. The van der Waals surface area contributed by atoms with E-state index >= 15 is 0 Å². The molecule has 0 saturated carbocycles. The van der Waals surface area contributed by atoms with Gasteiger partial charge in [-0.1, -0.05) is 31.2 Å². The Morgan fingerprint density at radius 1 is 1.33 bits per heavy atom. The lowest BCUT2D eigenvalue weighted by atomic mass is 9.92. The number of benzene rings is 1. The third-order valence-electron chi connectivity index (χ3n) is 4.86. The molecule has 4 nitrogen and oxygen atoms in total. The average Bonchev–Trinajstić information content (AvgIpc) is 2.55. The number of amides is 1. The number of aryl methyl sites for hydroxylation is 1. The van der Waals surface area contributed by atoms with Gasteiger partial charge >= 0.3 is 0 Å². The van der Waals surface area contributed by atoms with Gasteiger partial charge in [-0.25, -0.2) is 0 Å². The van der Waals surface area contributed by atoms with E-state index in [4.69, 9.17) is 0 Å². The average molecular weight is 354 g/mol. The number of nitrogens with one attached hydrogen (secondary N) is 2. The van der Waals surface area contributed by atoms with Gasteiger partial charge in [0.15, 0.2) is 0 Å². The number of carbonyl (C=O) groups excluding carboxylic acids is 1. The van der Waals surface area contributed by atoms with Gasteiger partial charge in [0.2, 0.25) is 5.91 Å². The predicted octanol–water partition coefficient (Wildman–Crippen LogP) is 2.78. The molecule has 0 bridgehead atoms. The molecule has 1 aromatic rings. The van der Waals surface area contributed by atoms with E-state index in [0.29, 0.717) is 12.6 Å². The van der Waals surface area contributed by atoms with Gasteiger partial charge in [-0.3, -0.25) is 4.79 Å². The maximum Gasteiger partial charge on any atom is 0.223 e. The van der Waals surface area contributed by atoms with Gasteiger partial charge in [-0.2, -0.15) is 0 Å². The fourth-order valence-corrected chi connectivity index (χ4v) is 3.29. The molecule has 0 aromatic heterocycles. The largest absolute Gasteiger partial charge is 0.354 e. The van der Waals surface area contributed by atoms with Gasteiger partial charge < -0.3 is 15.5 Å². The maximum absolute atomic E-state index is 12.4. The second kappa shape index (κ2) is 10.0. The van der Waals surface area contributed by atoms with Crippen LogP contribution in [-0.2, 0) is 11.2 Å². The maximum atomic E-state index is 12.4. The Morgan fingerprint density at radius 3 is 2.54 bits per heavy atom. The first-order valence-electron chi connectivity index (χ1n) is 8.77. The number of rotatable bonds is 6. The van der Waals surface area contributed by atoms with Gasteiger partial charge in [0.1, 0.15) is 0 Å². The van der Waals surface area contributed by atoms with Crippen LogP contribution in [0, 0.1) is 5.92 Å². The minimum atomic E-state index is 0. The zero-order valence-corrected chi connectivity index (χ0v) is 16.2. The summed E-state index contributed by atoms with van der Waals surface area (Å²) in [5.74, 6) is 0.354. The summed E-state index contributed by atoms with van der Waals surface area (Å²) < 4.78 is 0. The summed E-state index contributed by atoms with van der Waals surface area (Å²) in [6.45, 7) is 5.92. The van der Waals surface area contributed by atoms with Crippen molar-refractivity contribution in [1.82, 2.24) is 15.5 Å². The van der Waals surface area contributed by atoms with E-state index < -0.39 is 0 Å². The van der Waals surface area contributed by atoms with Crippen LogP contribution in [0.2, 0.25) is 0 Å². The van der Waals surface area contributed by atoms with E-state index in [2.05, 4.69) is 67.7 Å². The lowest BCUT2D eigenvalue weighted by Crippen LogP contribution is -2.44. The molecule has 0 aliphatic carbocycles. The Bertz CT molecular complexity index is 504. The Morgan fingerprint density at radius 2 is 2.00 bits per heavy atom. The van der Waals surface area contributed by atoms with Crippen molar-refractivity contribution in [2.45, 2.75) is 45.2 Å². The third-order valence-corrected chi connectivity index (χ3v) is 4.86. The zero-order chi connectivity index (χ0) is 16.8. The lowest BCUT2D eigenvalue weighted by molar-refractivity contribution is -0.126.